The molecule has 1 aliphatic rings. The van der Waals surface area contributed by atoms with Gasteiger partial charge in [0.1, 0.15) is 4.32 Å². The van der Waals surface area contributed by atoms with E-state index in [1.807, 2.05) is 0 Å². The van der Waals surface area contributed by atoms with Gasteiger partial charge in [0.25, 0.3) is 0 Å². The smallest absolute Gasteiger partial charge is 0.148 e. The Kier molecular flexibility index (Phi) is 1.90. The molecule has 2 nitrogen and oxygen atoms in total. The number of thiocarbonyl (C=S) groups is 1. The molecule has 0 unspecified atom stereocenters. The molecule has 0 radical (unpaired) electrons. The molecule has 40 valence electrons. The maximum Gasteiger partial charge on any atom is 0.148 e. The highest BCUT2D eigenvalue weighted by molar-refractivity contribution is 8.23. The summed E-state index contributed by atoms with van der Waals surface area (Å²) in [6.07, 6.45) is 0. The monoisotopic (exact) mass is 134 g/mol. The van der Waals surface area contributed by atoms with E-state index in [-0.39, 0.29) is 0 Å². The lowest BCUT2D eigenvalue weighted by molar-refractivity contribution is 0.694. The molecule has 1 aliphatic heterocycles. The Balaban J connectivity index is 2.25. The normalized spacial score (nSPS) is 21.4. The largest absolute Gasteiger partial charge is 0.307 e. The standard InChI is InChI=1S/C3H6N2S2/c6-3-5-4-1-2-7-3/h4H,1-2H2,(H,5,6). The zero-order chi connectivity index (χ0) is 5.11. The van der Waals surface area contributed by atoms with Crippen LogP contribution < -0.4 is 10.9 Å². The van der Waals surface area contributed by atoms with E-state index in [9.17, 15) is 0 Å². The number of hydrazine groups is 1. The zero-order valence-electron chi connectivity index (χ0n) is 3.73. The van der Waals surface area contributed by atoms with Gasteiger partial charge in [0.2, 0.25) is 0 Å². The first-order valence-corrected chi connectivity index (χ1v) is 3.44. The fraction of sp³-hybridized carbons (Fsp3) is 0.667. The highest BCUT2D eigenvalue weighted by atomic mass is 32.2. The second kappa shape index (κ2) is 2.49. The topological polar surface area (TPSA) is 24.1 Å². The maximum absolute atomic E-state index is 4.80. The summed E-state index contributed by atoms with van der Waals surface area (Å²) < 4.78 is 0.853. The van der Waals surface area contributed by atoms with Gasteiger partial charge in [-0.2, -0.15) is 0 Å². The van der Waals surface area contributed by atoms with Crippen molar-refractivity contribution in [2.75, 3.05) is 12.3 Å². The molecule has 1 fully saturated rings. The van der Waals surface area contributed by atoms with Crippen LogP contribution in [0, 0.1) is 0 Å². The predicted octanol–water partition coefficient (Wildman–Crippen LogP) is 0.112. The molecule has 0 aliphatic carbocycles. The third-order valence-corrected chi connectivity index (χ3v) is 1.88. The van der Waals surface area contributed by atoms with Gasteiger partial charge in [-0.15, -0.1) is 0 Å². The van der Waals surface area contributed by atoms with Crippen LogP contribution in [0.5, 0.6) is 0 Å². The van der Waals surface area contributed by atoms with Crippen LogP contribution in [0.15, 0.2) is 0 Å². The Hall–Kier alpha value is 0.200. The summed E-state index contributed by atoms with van der Waals surface area (Å²) >= 11 is 6.47. The van der Waals surface area contributed by atoms with Crippen LogP contribution in [0.25, 0.3) is 0 Å². The average molecular weight is 134 g/mol. The molecule has 7 heavy (non-hydrogen) atoms. The molecular formula is C3H6N2S2. The molecule has 0 saturated carbocycles. The zero-order valence-corrected chi connectivity index (χ0v) is 5.36. The Morgan fingerprint density at radius 3 is 2.86 bits per heavy atom. The molecule has 0 bridgehead atoms. The number of thioether (sulfide) groups is 1. The minimum Gasteiger partial charge on any atom is -0.307 e. The van der Waals surface area contributed by atoms with Crippen molar-refractivity contribution < 1.29 is 0 Å². The Morgan fingerprint density at radius 2 is 2.57 bits per heavy atom. The van der Waals surface area contributed by atoms with E-state index < -0.39 is 0 Å². The lowest BCUT2D eigenvalue weighted by atomic mass is 10.8. The van der Waals surface area contributed by atoms with Crippen LogP contribution in [0.4, 0.5) is 0 Å². The third-order valence-electron chi connectivity index (χ3n) is 0.651. The third kappa shape index (κ3) is 1.63. The van der Waals surface area contributed by atoms with E-state index in [1.54, 1.807) is 11.8 Å². The summed E-state index contributed by atoms with van der Waals surface area (Å²) in [6, 6.07) is 0. The van der Waals surface area contributed by atoms with Gasteiger partial charge in [-0.25, -0.2) is 5.43 Å². The molecule has 1 heterocycles. The Labute approximate surface area is 52.0 Å². The lowest BCUT2D eigenvalue weighted by Gasteiger charge is -2.13. The Morgan fingerprint density at radius 1 is 1.71 bits per heavy atom. The van der Waals surface area contributed by atoms with Crippen LogP contribution in [0.2, 0.25) is 0 Å². The first-order valence-electron chi connectivity index (χ1n) is 2.05. The van der Waals surface area contributed by atoms with Crippen LogP contribution in [-0.4, -0.2) is 16.6 Å². The van der Waals surface area contributed by atoms with Crippen molar-refractivity contribution in [3.8, 4) is 0 Å². The van der Waals surface area contributed by atoms with Crippen molar-refractivity contribution in [3.63, 3.8) is 0 Å². The van der Waals surface area contributed by atoms with Crippen molar-refractivity contribution in [3.05, 3.63) is 0 Å². The van der Waals surface area contributed by atoms with Crippen molar-refractivity contribution >= 4 is 28.3 Å². The van der Waals surface area contributed by atoms with E-state index in [0.29, 0.717) is 0 Å². The van der Waals surface area contributed by atoms with E-state index in [0.717, 1.165) is 16.6 Å². The second-order valence-electron chi connectivity index (χ2n) is 1.19. The van der Waals surface area contributed by atoms with Gasteiger partial charge in [-0.05, 0) is 0 Å². The van der Waals surface area contributed by atoms with Gasteiger partial charge >= 0.3 is 0 Å². The molecule has 1 rings (SSSR count). The van der Waals surface area contributed by atoms with Crippen molar-refractivity contribution in [1.29, 1.82) is 0 Å². The summed E-state index contributed by atoms with van der Waals surface area (Å²) in [4.78, 5) is 0. The molecule has 0 aromatic heterocycles. The highest BCUT2D eigenvalue weighted by Gasteiger charge is 2.00. The van der Waals surface area contributed by atoms with Crippen LogP contribution in [0.1, 0.15) is 0 Å². The van der Waals surface area contributed by atoms with E-state index in [1.165, 1.54) is 0 Å². The van der Waals surface area contributed by atoms with Crippen LogP contribution in [-0.2, 0) is 0 Å². The first kappa shape index (κ1) is 5.34. The van der Waals surface area contributed by atoms with E-state index in [4.69, 9.17) is 12.2 Å². The number of hydrogen-bond acceptors (Lipinski definition) is 3. The van der Waals surface area contributed by atoms with E-state index in [2.05, 4.69) is 10.9 Å². The molecule has 0 aromatic carbocycles. The molecule has 4 heteroatoms. The minimum atomic E-state index is 0.853. The molecule has 2 N–H and O–H groups in total. The average Bonchev–Trinajstić information content (AvgIpc) is 1.69. The fourth-order valence-electron chi connectivity index (χ4n) is 0.366. The highest BCUT2D eigenvalue weighted by Crippen LogP contribution is 2.01. The summed E-state index contributed by atoms with van der Waals surface area (Å²) in [5.74, 6) is 1.09. The molecule has 0 spiro atoms. The van der Waals surface area contributed by atoms with Gasteiger partial charge in [-0.1, -0.05) is 24.0 Å². The molecular weight excluding hydrogens is 128 g/mol. The SMILES string of the molecule is S=C1NNCCS1. The van der Waals surface area contributed by atoms with Crippen LogP contribution >= 0.6 is 24.0 Å². The summed E-state index contributed by atoms with van der Waals surface area (Å²) in [5, 5.41) is 0. The minimum absolute atomic E-state index is 0.853. The first-order chi connectivity index (χ1) is 3.39. The van der Waals surface area contributed by atoms with Crippen molar-refractivity contribution in [2.45, 2.75) is 0 Å². The number of hydrogen-bond donors (Lipinski definition) is 2. The predicted molar refractivity (Wildman–Crippen MR) is 36.2 cm³/mol. The van der Waals surface area contributed by atoms with Crippen molar-refractivity contribution in [2.24, 2.45) is 0 Å². The molecule has 0 atom stereocenters. The lowest BCUT2D eigenvalue weighted by Crippen LogP contribution is -2.40. The molecule has 1 saturated heterocycles. The van der Waals surface area contributed by atoms with E-state index >= 15 is 0 Å². The summed E-state index contributed by atoms with van der Waals surface area (Å²) in [6.45, 7) is 1.00. The van der Waals surface area contributed by atoms with Gasteiger partial charge in [0.15, 0.2) is 0 Å². The number of rotatable bonds is 0. The fourth-order valence-corrected chi connectivity index (χ4v) is 1.22. The van der Waals surface area contributed by atoms with Gasteiger partial charge in [0.05, 0.1) is 0 Å². The van der Waals surface area contributed by atoms with Crippen molar-refractivity contribution in [1.82, 2.24) is 10.9 Å². The maximum atomic E-state index is 4.80. The van der Waals surface area contributed by atoms with Gasteiger partial charge < -0.3 is 5.43 Å². The summed E-state index contributed by atoms with van der Waals surface area (Å²) in [5.41, 5.74) is 5.75. The van der Waals surface area contributed by atoms with Crippen LogP contribution in [0.3, 0.4) is 0 Å². The number of nitrogens with one attached hydrogen (secondary N) is 2. The molecule has 0 aromatic rings. The van der Waals surface area contributed by atoms with Gasteiger partial charge in [-0.3, -0.25) is 0 Å². The quantitative estimate of drug-likeness (QED) is 0.459. The molecule has 0 amide bonds. The summed E-state index contributed by atoms with van der Waals surface area (Å²) in [7, 11) is 0. The Bertz CT molecular complexity index is 75.0. The second-order valence-corrected chi connectivity index (χ2v) is 2.96. The van der Waals surface area contributed by atoms with Gasteiger partial charge in [0, 0.05) is 12.3 Å².